The molecule has 76 valence electrons. The maximum Gasteiger partial charge on any atom is 0.126 e. The zero-order valence-corrected chi connectivity index (χ0v) is 9.61. The van der Waals surface area contributed by atoms with Crippen molar-refractivity contribution in [2.24, 2.45) is 5.92 Å². The highest BCUT2D eigenvalue weighted by Gasteiger charge is 2.22. The summed E-state index contributed by atoms with van der Waals surface area (Å²) in [6.07, 6.45) is 1.91. The molecule has 0 spiro atoms. The van der Waals surface area contributed by atoms with Crippen LogP contribution in [0.15, 0.2) is 0 Å². The molecule has 0 N–H and O–H groups in total. The van der Waals surface area contributed by atoms with E-state index in [0.717, 1.165) is 19.4 Å². The normalized spacial score (nSPS) is 14.9. The minimum absolute atomic E-state index is 0.237. The molecule has 1 nitrogen and oxygen atoms in total. The third kappa shape index (κ3) is 5.71. The first-order chi connectivity index (χ1) is 6.04. The Balaban J connectivity index is 4.32. The first-order valence-corrected chi connectivity index (χ1v) is 5.18. The lowest BCUT2D eigenvalue weighted by Crippen LogP contribution is -2.28. The lowest BCUT2D eigenvalue weighted by atomic mass is 9.94. The van der Waals surface area contributed by atoms with Gasteiger partial charge >= 0.3 is 0 Å². The molecular weight excluding hydrogens is 160 g/mol. The Morgan fingerprint density at radius 1 is 1.31 bits per heavy atom. The van der Waals surface area contributed by atoms with Gasteiger partial charge in [0.15, 0.2) is 0 Å². The summed E-state index contributed by atoms with van der Waals surface area (Å²) in [6.45, 7) is 11.3. The second-order valence-corrected chi connectivity index (χ2v) is 3.92. The number of hydrogen-bond acceptors (Lipinski definition) is 1. The topological polar surface area (TPSA) is 9.23 Å². The van der Waals surface area contributed by atoms with Crippen molar-refractivity contribution in [1.29, 1.82) is 0 Å². The van der Waals surface area contributed by atoms with E-state index >= 15 is 0 Å². The molecule has 13 heavy (non-hydrogen) atoms. The second kappa shape index (κ2) is 6.05. The molecule has 0 aromatic carbocycles. The van der Waals surface area contributed by atoms with Crippen LogP contribution in [0, 0.1) is 17.8 Å². The average Bonchev–Trinajstić information content (AvgIpc) is 2.00. The van der Waals surface area contributed by atoms with Crippen LogP contribution >= 0.6 is 0 Å². The lowest BCUT2D eigenvalue weighted by molar-refractivity contribution is 0.00656. The van der Waals surface area contributed by atoms with Crippen LogP contribution in [0.1, 0.15) is 47.5 Å². The van der Waals surface area contributed by atoms with Gasteiger partial charge in [-0.3, -0.25) is 0 Å². The maximum atomic E-state index is 5.67. The molecule has 0 fully saturated rings. The lowest BCUT2D eigenvalue weighted by Gasteiger charge is -2.25. The number of ether oxygens (including phenoxy) is 1. The Morgan fingerprint density at radius 3 is 2.31 bits per heavy atom. The molecule has 1 unspecified atom stereocenters. The molecule has 0 bridgehead atoms. The Morgan fingerprint density at radius 2 is 1.92 bits per heavy atom. The van der Waals surface area contributed by atoms with Gasteiger partial charge in [-0.1, -0.05) is 26.7 Å². The summed E-state index contributed by atoms with van der Waals surface area (Å²) in [5, 5.41) is 0. The van der Waals surface area contributed by atoms with Crippen molar-refractivity contribution in [3.63, 3.8) is 0 Å². The fourth-order valence-corrected chi connectivity index (χ4v) is 1.52. The molecule has 0 aromatic rings. The van der Waals surface area contributed by atoms with Gasteiger partial charge in [-0.25, -0.2) is 0 Å². The van der Waals surface area contributed by atoms with Gasteiger partial charge in [0.05, 0.1) is 0 Å². The van der Waals surface area contributed by atoms with Crippen molar-refractivity contribution >= 4 is 0 Å². The summed E-state index contributed by atoms with van der Waals surface area (Å²) < 4.78 is 5.67. The van der Waals surface area contributed by atoms with E-state index in [4.69, 9.17) is 4.74 Å². The standard InChI is InChI=1S/C12H22O/c1-6-8-9-12(5,13-7-2)10-11(3)4/h11H,6-7,10H2,1-5H3. The van der Waals surface area contributed by atoms with Crippen molar-refractivity contribution in [1.82, 2.24) is 0 Å². The molecule has 0 aliphatic heterocycles. The van der Waals surface area contributed by atoms with E-state index in [2.05, 4.69) is 39.5 Å². The van der Waals surface area contributed by atoms with Gasteiger partial charge in [0.1, 0.15) is 5.60 Å². The predicted molar refractivity (Wildman–Crippen MR) is 57.6 cm³/mol. The van der Waals surface area contributed by atoms with Gasteiger partial charge in [-0.2, -0.15) is 0 Å². The summed E-state index contributed by atoms with van der Waals surface area (Å²) in [7, 11) is 0. The van der Waals surface area contributed by atoms with E-state index in [1.807, 2.05) is 6.92 Å². The Hall–Kier alpha value is -0.480. The van der Waals surface area contributed by atoms with Crippen molar-refractivity contribution in [2.45, 2.75) is 53.1 Å². The molecule has 0 amide bonds. The smallest absolute Gasteiger partial charge is 0.126 e. The van der Waals surface area contributed by atoms with Gasteiger partial charge in [0, 0.05) is 13.0 Å². The van der Waals surface area contributed by atoms with Crippen LogP contribution in [0.5, 0.6) is 0 Å². The molecule has 0 radical (unpaired) electrons. The number of rotatable bonds is 4. The first-order valence-electron chi connectivity index (χ1n) is 5.18. The van der Waals surface area contributed by atoms with Crippen LogP contribution in [-0.2, 0) is 4.74 Å². The summed E-state index contributed by atoms with van der Waals surface area (Å²) in [5.74, 6) is 6.94. The maximum absolute atomic E-state index is 5.67. The molecule has 0 saturated carbocycles. The summed E-state index contributed by atoms with van der Waals surface area (Å²) in [5.41, 5.74) is -0.237. The minimum Gasteiger partial charge on any atom is -0.363 e. The second-order valence-electron chi connectivity index (χ2n) is 3.92. The van der Waals surface area contributed by atoms with E-state index in [9.17, 15) is 0 Å². The van der Waals surface area contributed by atoms with E-state index < -0.39 is 0 Å². The summed E-state index contributed by atoms with van der Waals surface area (Å²) in [4.78, 5) is 0. The van der Waals surface area contributed by atoms with Crippen LogP contribution < -0.4 is 0 Å². The van der Waals surface area contributed by atoms with Crippen LogP contribution in [0.25, 0.3) is 0 Å². The molecule has 0 saturated heterocycles. The fraction of sp³-hybridized carbons (Fsp3) is 0.833. The SMILES string of the molecule is CCC#CC(C)(CC(C)C)OCC. The van der Waals surface area contributed by atoms with Crippen LogP contribution in [0.4, 0.5) is 0 Å². The van der Waals surface area contributed by atoms with Gasteiger partial charge in [-0.05, 0) is 26.2 Å². The van der Waals surface area contributed by atoms with Gasteiger partial charge < -0.3 is 4.74 Å². The van der Waals surface area contributed by atoms with E-state index in [1.165, 1.54) is 0 Å². The quantitative estimate of drug-likeness (QED) is 0.606. The predicted octanol–water partition coefficient (Wildman–Crippen LogP) is 3.24. The van der Waals surface area contributed by atoms with Crippen molar-refractivity contribution in [3.05, 3.63) is 0 Å². The molecular formula is C12H22O. The molecule has 0 aliphatic rings. The molecule has 0 heterocycles. The first kappa shape index (κ1) is 12.5. The van der Waals surface area contributed by atoms with Gasteiger partial charge in [-0.15, -0.1) is 5.92 Å². The highest BCUT2D eigenvalue weighted by molar-refractivity contribution is 5.12. The highest BCUT2D eigenvalue weighted by Crippen LogP contribution is 2.19. The van der Waals surface area contributed by atoms with Crippen molar-refractivity contribution < 1.29 is 4.74 Å². The summed E-state index contributed by atoms with van der Waals surface area (Å²) >= 11 is 0. The molecule has 1 atom stereocenters. The van der Waals surface area contributed by atoms with E-state index in [1.54, 1.807) is 0 Å². The fourth-order valence-electron chi connectivity index (χ4n) is 1.52. The van der Waals surface area contributed by atoms with Crippen LogP contribution in [0.2, 0.25) is 0 Å². The average molecular weight is 182 g/mol. The molecule has 0 rings (SSSR count). The minimum atomic E-state index is -0.237. The molecule has 1 heteroatoms. The Kier molecular flexibility index (Phi) is 5.82. The Bertz CT molecular complexity index is 185. The van der Waals surface area contributed by atoms with Gasteiger partial charge in [0.25, 0.3) is 0 Å². The zero-order chi connectivity index (χ0) is 10.3. The molecule has 0 aliphatic carbocycles. The van der Waals surface area contributed by atoms with E-state index in [0.29, 0.717) is 5.92 Å². The van der Waals surface area contributed by atoms with Crippen molar-refractivity contribution in [3.8, 4) is 11.8 Å². The monoisotopic (exact) mass is 182 g/mol. The van der Waals surface area contributed by atoms with Gasteiger partial charge in [0.2, 0.25) is 0 Å². The molecule has 0 aromatic heterocycles. The highest BCUT2D eigenvalue weighted by atomic mass is 16.5. The van der Waals surface area contributed by atoms with E-state index in [-0.39, 0.29) is 5.60 Å². The zero-order valence-electron chi connectivity index (χ0n) is 9.61. The third-order valence-corrected chi connectivity index (χ3v) is 1.79. The largest absolute Gasteiger partial charge is 0.363 e. The van der Waals surface area contributed by atoms with Crippen molar-refractivity contribution in [2.75, 3.05) is 6.61 Å². The third-order valence-electron chi connectivity index (χ3n) is 1.79. The summed E-state index contributed by atoms with van der Waals surface area (Å²) in [6, 6.07) is 0. The van der Waals surface area contributed by atoms with Crippen LogP contribution in [0.3, 0.4) is 0 Å². The number of hydrogen-bond donors (Lipinski definition) is 0. The Labute approximate surface area is 82.9 Å². The van der Waals surface area contributed by atoms with Crippen LogP contribution in [-0.4, -0.2) is 12.2 Å².